The molecule has 2 aliphatic carbocycles. The Balaban J connectivity index is 0.000000170. The molecule has 0 aromatic heterocycles. The van der Waals surface area contributed by atoms with E-state index in [4.69, 9.17) is 0 Å². The van der Waals surface area contributed by atoms with Crippen LogP contribution < -0.4 is 10.4 Å². The molecule has 0 N–H and O–H groups in total. The van der Waals surface area contributed by atoms with Gasteiger partial charge in [-0.05, 0) is 17.4 Å². The number of allylic oxidation sites excluding steroid dienone is 4. The first-order chi connectivity index (χ1) is 19.8. The topological polar surface area (TPSA) is 0 Å². The molecule has 0 radical (unpaired) electrons. The largest absolute Gasteiger partial charge is 0.273 e. The van der Waals surface area contributed by atoms with E-state index in [2.05, 4.69) is 152 Å². The van der Waals surface area contributed by atoms with Gasteiger partial charge in [-0.15, -0.1) is 12.0 Å². The van der Waals surface area contributed by atoms with Crippen molar-refractivity contribution in [3.63, 3.8) is 0 Å². The molecule has 0 heterocycles. The Hall–Kier alpha value is -2.54. The van der Waals surface area contributed by atoms with Crippen molar-refractivity contribution in [3.8, 4) is 11.1 Å². The molecule has 2 aliphatic rings. The first kappa shape index (κ1) is 32.4. The van der Waals surface area contributed by atoms with E-state index in [-0.39, 0.29) is 10.8 Å². The molecule has 2 heteroatoms. The summed E-state index contributed by atoms with van der Waals surface area (Å²) >= 11 is 1.65. The van der Waals surface area contributed by atoms with Crippen LogP contribution in [-0.2, 0) is 40.6 Å². The van der Waals surface area contributed by atoms with Gasteiger partial charge in [-0.2, -0.15) is 35.4 Å². The first-order valence-corrected chi connectivity index (χ1v) is 20.1. The Bertz CT molecular complexity index is 1500. The molecule has 0 nitrogen and oxygen atoms in total. The van der Waals surface area contributed by atoms with Crippen molar-refractivity contribution in [2.24, 2.45) is 0 Å². The van der Waals surface area contributed by atoms with Crippen molar-refractivity contribution in [1.82, 2.24) is 0 Å². The fourth-order valence-corrected chi connectivity index (χ4v) is 8.99. The van der Waals surface area contributed by atoms with Crippen molar-refractivity contribution in [3.05, 3.63) is 143 Å². The predicted molar refractivity (Wildman–Crippen MR) is 180 cm³/mol. The molecule has 0 atom stereocenters. The Morgan fingerprint density at radius 3 is 1.79 bits per heavy atom. The van der Waals surface area contributed by atoms with Gasteiger partial charge in [-0.1, -0.05) is 76.3 Å². The Morgan fingerprint density at radius 2 is 1.31 bits per heavy atom. The minimum Gasteiger partial charge on any atom is -0.273 e. The third-order valence-electron chi connectivity index (χ3n) is 7.73. The summed E-state index contributed by atoms with van der Waals surface area (Å²) in [5.74, 6) is 0. The second kappa shape index (κ2) is 13.8. The maximum absolute atomic E-state index is 3.53. The summed E-state index contributed by atoms with van der Waals surface area (Å²) in [6.45, 7) is 18.0. The molecule has 212 valence electrons. The molecule has 0 unspecified atom stereocenters. The Kier molecular flexibility index (Phi) is 10.7. The molecule has 0 spiro atoms. The smallest absolute Gasteiger partial charge is 0.109 e. The fraction of sp³-hybridized carbons (Fsp3) is 0.300. The quantitative estimate of drug-likeness (QED) is 0.133. The summed E-state index contributed by atoms with van der Waals surface area (Å²) in [5, 5.41) is 3.07. The minimum atomic E-state index is -0.499. The van der Waals surface area contributed by atoms with Gasteiger partial charge in [0.25, 0.3) is 0 Å². The summed E-state index contributed by atoms with van der Waals surface area (Å²) in [6, 6.07) is 33.0. The number of aryl methyl sites for hydroxylation is 2. The van der Waals surface area contributed by atoms with Gasteiger partial charge in [-0.25, -0.2) is 12.2 Å². The van der Waals surface area contributed by atoms with Crippen LogP contribution in [0.5, 0.6) is 0 Å². The summed E-state index contributed by atoms with van der Waals surface area (Å²) in [5.41, 5.74) is 11.0. The van der Waals surface area contributed by atoms with Crippen molar-refractivity contribution in [2.75, 3.05) is 0 Å². The van der Waals surface area contributed by atoms with Crippen LogP contribution in [0.2, 0.25) is 0 Å². The number of benzene rings is 4. The fourth-order valence-electron chi connectivity index (χ4n) is 5.09. The van der Waals surface area contributed by atoms with Crippen LogP contribution in [0.3, 0.4) is 0 Å². The molecule has 4 aromatic rings. The van der Waals surface area contributed by atoms with E-state index in [1.54, 1.807) is 23.3 Å². The molecule has 0 bridgehead atoms. The standard InChI is InChI=1S/C21H25.C14H14Si.C5H5.Zr/c1-20(2,3)16-9-7-14-11-15-8-10-17(21(4,5)6)13-19(15)18(14)12-16;1-11-5-3-7-13(9-11)15-14-8-4-6-12(2)10-14;1-2-4-5-3-1;/h7,9-10,12-13H,11H2,1-6H3;3-10H,1-2H3;1-3H,4H2;/q-1;;-1;+2. The third-order valence-corrected chi connectivity index (χ3v) is 13.8. The van der Waals surface area contributed by atoms with E-state index in [1.807, 2.05) is 12.2 Å². The van der Waals surface area contributed by atoms with E-state index in [0.29, 0.717) is 0 Å². The van der Waals surface area contributed by atoms with Crippen LogP contribution in [0.4, 0.5) is 0 Å². The maximum Gasteiger partial charge on any atom is -0.109 e. The molecule has 0 aliphatic heterocycles. The summed E-state index contributed by atoms with van der Waals surface area (Å²) in [6.07, 6.45) is 11.0. The van der Waals surface area contributed by atoms with Gasteiger partial charge in [0.2, 0.25) is 0 Å². The zero-order valence-electron chi connectivity index (χ0n) is 26.7. The zero-order chi connectivity index (χ0) is 30.5. The molecule has 42 heavy (non-hydrogen) atoms. The van der Waals surface area contributed by atoms with Crippen LogP contribution in [0.1, 0.15) is 81.3 Å². The van der Waals surface area contributed by atoms with E-state index >= 15 is 0 Å². The average Bonchev–Trinajstić information content (AvgIpc) is 3.63. The van der Waals surface area contributed by atoms with Crippen LogP contribution in [0, 0.1) is 26.0 Å². The molecule has 6 rings (SSSR count). The van der Waals surface area contributed by atoms with Gasteiger partial charge in [0.05, 0.1) is 0 Å². The molecular weight excluding hydrogens is 600 g/mol. The molecule has 0 amide bonds. The van der Waals surface area contributed by atoms with Gasteiger partial charge >= 0.3 is 113 Å². The minimum absolute atomic E-state index is 0.177. The summed E-state index contributed by atoms with van der Waals surface area (Å²) in [4.78, 5) is 0. The number of hydrogen-bond acceptors (Lipinski definition) is 0. The molecule has 4 aromatic carbocycles. The van der Waals surface area contributed by atoms with Crippen LogP contribution in [0.15, 0.2) is 97.1 Å². The van der Waals surface area contributed by atoms with Gasteiger partial charge in [0, 0.05) is 0 Å². The Morgan fingerprint density at radius 1 is 0.714 bits per heavy atom. The third kappa shape index (κ3) is 8.52. The zero-order valence-corrected chi connectivity index (χ0v) is 30.1. The SMILES string of the molecule is CC(C)(C)c1c[c-]c2c(c1)-c1cc(C(C)(C)C)ccc1C2.Cc1cccc([Si](=[Zr+2])c2cccc(C)c2)c1.[C-]1=CC=CC1. The molecule has 0 fully saturated rings. The number of fused-ring (bicyclic) bond motifs is 3. The van der Waals surface area contributed by atoms with Crippen molar-refractivity contribution in [2.45, 2.75) is 79.1 Å². The maximum atomic E-state index is 3.53. The number of hydrogen-bond donors (Lipinski definition) is 0. The van der Waals surface area contributed by atoms with E-state index < -0.39 is 5.43 Å². The number of rotatable bonds is 2. The van der Waals surface area contributed by atoms with Crippen LogP contribution in [0.25, 0.3) is 11.1 Å². The van der Waals surface area contributed by atoms with Crippen molar-refractivity contribution in [1.29, 1.82) is 0 Å². The predicted octanol–water partition coefficient (Wildman–Crippen LogP) is 8.91. The first-order valence-electron chi connectivity index (χ1n) is 15.0. The van der Waals surface area contributed by atoms with Crippen molar-refractivity contribution >= 4 is 15.8 Å². The second-order valence-corrected chi connectivity index (χ2v) is 19.0. The second-order valence-electron chi connectivity index (χ2n) is 13.4. The molecular formula is C40H44SiZr. The van der Waals surface area contributed by atoms with E-state index in [0.717, 1.165) is 12.8 Å². The van der Waals surface area contributed by atoms with Gasteiger partial charge in [-0.3, -0.25) is 6.08 Å². The summed E-state index contributed by atoms with van der Waals surface area (Å²) < 4.78 is 0. The molecule has 0 saturated heterocycles. The average molecular weight is 644 g/mol. The van der Waals surface area contributed by atoms with E-state index in [9.17, 15) is 0 Å². The van der Waals surface area contributed by atoms with Gasteiger partial charge < -0.3 is 0 Å². The summed E-state index contributed by atoms with van der Waals surface area (Å²) in [7, 11) is 0. The van der Waals surface area contributed by atoms with E-state index in [1.165, 1.54) is 54.9 Å². The molecule has 0 saturated carbocycles. The van der Waals surface area contributed by atoms with Crippen LogP contribution >= 0.6 is 0 Å². The van der Waals surface area contributed by atoms with Gasteiger partial charge in [0.15, 0.2) is 0 Å². The van der Waals surface area contributed by atoms with Gasteiger partial charge in [0.1, 0.15) is 0 Å². The monoisotopic (exact) mass is 642 g/mol. The van der Waals surface area contributed by atoms with Crippen molar-refractivity contribution < 1.29 is 23.3 Å². The Labute approximate surface area is 270 Å². The normalized spacial score (nSPS) is 13.0. The van der Waals surface area contributed by atoms with Crippen LogP contribution in [-0.4, -0.2) is 5.43 Å².